The van der Waals surface area contributed by atoms with Crippen LogP contribution in [-0.2, 0) is 54.8 Å². The Balaban J connectivity index is 0.000000307. The number of aliphatic carboxylic acids is 3. The fourth-order valence-electron chi connectivity index (χ4n) is 5.91. The van der Waals surface area contributed by atoms with Crippen LogP contribution in [0.15, 0.2) is 57.6 Å². The molecular formula is C31H33N8NaO13S3. The monoisotopic (exact) mass is 844 g/mol. The van der Waals surface area contributed by atoms with Gasteiger partial charge in [0, 0.05) is 28.8 Å². The number of carbonyl (C=O) groups is 6. The van der Waals surface area contributed by atoms with Gasteiger partial charge in [0.25, 0.3) is 11.8 Å². The number of carboxylic acid groups (broad SMARTS) is 3. The Kier molecular flexibility index (Phi) is 13.3. The number of amides is 3. The van der Waals surface area contributed by atoms with Gasteiger partial charge >= 0.3 is 35.5 Å². The molecule has 3 amide bonds. The third kappa shape index (κ3) is 8.11. The normalized spacial score (nSPS) is 25.0. The summed E-state index contributed by atoms with van der Waals surface area (Å²) in [6.45, 7) is 3.93. The van der Waals surface area contributed by atoms with E-state index in [0.717, 1.165) is 27.4 Å². The molecule has 21 nitrogen and oxygen atoms in total. The third-order valence-corrected chi connectivity index (χ3v) is 13.6. The number of β-lactam (4-membered cyclic amide) rings is 2. The Morgan fingerprint density at radius 3 is 2.41 bits per heavy atom. The Labute approximate surface area is 348 Å². The van der Waals surface area contributed by atoms with Gasteiger partial charge in [0.1, 0.15) is 34.3 Å². The van der Waals surface area contributed by atoms with Gasteiger partial charge in [-0.3, -0.25) is 19.3 Å². The van der Waals surface area contributed by atoms with E-state index in [0.29, 0.717) is 11.3 Å². The van der Waals surface area contributed by atoms with Gasteiger partial charge in [0.2, 0.25) is 11.5 Å². The topological polar surface area (TPSA) is 307 Å². The molecule has 0 aliphatic carbocycles. The molecule has 3 saturated heterocycles. The van der Waals surface area contributed by atoms with Crippen molar-refractivity contribution in [2.24, 2.45) is 10.3 Å². The van der Waals surface area contributed by atoms with E-state index in [1.54, 1.807) is 29.1 Å². The molecule has 6 heterocycles. The molecule has 3 fully saturated rings. The van der Waals surface area contributed by atoms with Gasteiger partial charge < -0.3 is 50.5 Å². The van der Waals surface area contributed by atoms with Crippen molar-refractivity contribution in [1.82, 2.24) is 20.1 Å². The number of pyridine rings is 1. The minimum absolute atomic E-state index is 0. The average molecular weight is 845 g/mol. The zero-order chi connectivity index (χ0) is 40.6. The van der Waals surface area contributed by atoms with Gasteiger partial charge in [0.15, 0.2) is 39.6 Å². The average Bonchev–Trinajstić information content (AvgIpc) is 3.61. The summed E-state index contributed by atoms with van der Waals surface area (Å²) in [5.74, 6) is -6.15. The van der Waals surface area contributed by atoms with Crippen LogP contribution in [0.5, 0.6) is 0 Å². The second-order valence-corrected chi connectivity index (χ2v) is 17.4. The zero-order valence-electron chi connectivity index (χ0n) is 30.3. The van der Waals surface area contributed by atoms with E-state index in [4.69, 9.17) is 10.6 Å². The number of carboxylic acids is 3. The molecule has 56 heavy (non-hydrogen) atoms. The molecule has 0 radical (unpaired) electrons. The number of nitrogens with two attached hydrogens (primary N) is 1. The number of nitrogen functional groups attached to an aromatic ring is 1. The molecule has 25 heteroatoms. The van der Waals surface area contributed by atoms with Crippen LogP contribution in [0.25, 0.3) is 0 Å². The Bertz CT molecular complexity index is 2150. The number of rotatable bonds is 12. The first-order valence-corrected chi connectivity index (χ1v) is 19.4. The minimum atomic E-state index is -3.87. The van der Waals surface area contributed by atoms with Gasteiger partial charge in [-0.1, -0.05) is 16.4 Å². The molecule has 4 aliphatic heterocycles. The quantitative estimate of drug-likeness (QED) is 0.0588. The van der Waals surface area contributed by atoms with Gasteiger partial charge in [-0.05, 0) is 20.8 Å². The van der Waals surface area contributed by atoms with Crippen molar-refractivity contribution >= 4 is 85.6 Å². The van der Waals surface area contributed by atoms with Crippen molar-refractivity contribution in [3.05, 3.63) is 52.9 Å². The number of oxime groups is 2. The molecule has 0 aromatic carbocycles. The van der Waals surface area contributed by atoms with E-state index in [-0.39, 0.29) is 64.8 Å². The molecule has 4 N–H and O–H groups in total. The summed E-state index contributed by atoms with van der Waals surface area (Å²) >= 11 is 2.32. The van der Waals surface area contributed by atoms with Gasteiger partial charge in [-0.15, -0.1) is 23.1 Å². The predicted octanol–water partition coefficient (Wildman–Crippen LogP) is -6.81. The second kappa shape index (κ2) is 16.9. The first kappa shape index (κ1) is 44.1. The summed E-state index contributed by atoms with van der Waals surface area (Å²) in [5.41, 5.74) is 3.83. The Morgan fingerprint density at radius 2 is 1.88 bits per heavy atom. The van der Waals surface area contributed by atoms with Crippen LogP contribution in [-0.4, -0.2) is 122 Å². The van der Waals surface area contributed by atoms with E-state index in [1.807, 2.05) is 6.07 Å². The molecule has 0 saturated carbocycles. The maximum atomic E-state index is 13.1. The molecule has 2 aromatic heterocycles. The molecule has 0 spiro atoms. The number of thiazole rings is 1. The summed E-state index contributed by atoms with van der Waals surface area (Å²) in [5, 5.41) is 41.7. The van der Waals surface area contributed by atoms with Crippen molar-refractivity contribution in [3.63, 3.8) is 0 Å². The van der Waals surface area contributed by atoms with Crippen molar-refractivity contribution in [2.45, 2.75) is 66.9 Å². The van der Waals surface area contributed by atoms with Crippen LogP contribution >= 0.6 is 23.1 Å². The number of anilines is 1. The zero-order valence-corrected chi connectivity index (χ0v) is 34.8. The molecule has 5 atom stereocenters. The van der Waals surface area contributed by atoms with E-state index < -0.39 is 78.6 Å². The molecule has 4 aliphatic rings. The van der Waals surface area contributed by atoms with Crippen molar-refractivity contribution < 1.29 is 96.3 Å². The van der Waals surface area contributed by atoms with Crippen molar-refractivity contribution in [1.29, 1.82) is 0 Å². The fourth-order valence-corrected chi connectivity index (χ4v) is 9.99. The molecular weight excluding hydrogens is 812 g/mol. The van der Waals surface area contributed by atoms with Crippen molar-refractivity contribution in [3.8, 4) is 0 Å². The molecule has 294 valence electrons. The van der Waals surface area contributed by atoms with E-state index in [1.165, 1.54) is 45.0 Å². The van der Waals surface area contributed by atoms with Gasteiger partial charge in [0.05, 0.1) is 36.3 Å². The number of fused-ring (bicyclic) bond motifs is 2. The number of thioether (sulfide) groups is 1. The van der Waals surface area contributed by atoms with Gasteiger partial charge in [-0.2, -0.15) is 0 Å². The van der Waals surface area contributed by atoms with Crippen LogP contribution in [0.2, 0.25) is 0 Å². The summed E-state index contributed by atoms with van der Waals surface area (Å²) < 4.78 is 24.4. The number of aromatic nitrogens is 2. The number of nitrogens with one attached hydrogen (secondary N) is 1. The van der Waals surface area contributed by atoms with Crippen molar-refractivity contribution in [2.75, 3.05) is 18.6 Å². The largest absolute Gasteiger partial charge is 1.00 e. The molecule has 2 aromatic rings. The van der Waals surface area contributed by atoms with Crippen LogP contribution in [0, 0.1) is 0 Å². The second-order valence-electron chi connectivity index (χ2n) is 12.9. The summed E-state index contributed by atoms with van der Waals surface area (Å²) in [7, 11) is -2.67. The van der Waals surface area contributed by atoms with Crippen LogP contribution in [0.4, 0.5) is 5.13 Å². The molecule has 0 bridgehead atoms. The number of sulfone groups is 1. The van der Waals surface area contributed by atoms with E-state index in [2.05, 4.69) is 25.4 Å². The van der Waals surface area contributed by atoms with Crippen LogP contribution in [0.3, 0.4) is 0 Å². The number of carbonyl (C=O) groups excluding carboxylic acids is 5. The summed E-state index contributed by atoms with van der Waals surface area (Å²) in [6.07, 6.45) is 4.24. The maximum absolute atomic E-state index is 13.1. The van der Waals surface area contributed by atoms with Gasteiger partial charge in [-0.25, -0.2) is 22.8 Å². The number of hydrogen-bond donors (Lipinski definition) is 3. The summed E-state index contributed by atoms with van der Waals surface area (Å²) in [6, 6.07) is 2.79. The standard InChI is InChI=1S/C22H22N6O7S2.C9H12N2O6S.Na/c1-22(2,20(33)34)35-26-13(12-10-37-21(23)24-12)16(29)25-14-17(30)28-15(19(31)32)11(9-36-18(14)28)8-27-6-4-3-5-7-27;1-9(4-10-17-2)7(8(13)14)11-5(12)3-6(11)18(9,15)16;/h3-7,10,14,18H,8-9H2,1-2H3,(H4-,23,24,25,29,31,32,33,34);4,6-7H,3H2,1-2H3,(H,13,14);/q;;+1/p-1/b26-13-;10-4+;/t;6?,7-,9-;/m.0./s1. The SMILES string of the molecule is CC(C)(O/N=C(\C(=O)NC1C(=O)N2C(C(=O)[O-])=C(C[n+]3ccccc3)CSC12)c1csc(N)n1)C(=O)O.CO/N=C/[C@@]1(C)[C@H](C(=O)[O-])N2C(=O)CC2S1(=O)=O.[Na+]. The van der Waals surface area contributed by atoms with E-state index >= 15 is 0 Å². The Hall–Kier alpha value is -4.62. The fraction of sp³-hybridized carbons (Fsp3) is 0.419. The Morgan fingerprint density at radius 1 is 1.21 bits per heavy atom. The molecule has 6 rings (SSSR count). The number of nitrogens with zero attached hydrogens (tertiary/aromatic N) is 6. The van der Waals surface area contributed by atoms with Crippen LogP contribution < -0.4 is 55.4 Å². The third-order valence-electron chi connectivity index (χ3n) is 8.92. The summed E-state index contributed by atoms with van der Waals surface area (Å²) in [4.78, 5) is 87.4. The number of hydrogen-bond acceptors (Lipinski definition) is 18. The minimum Gasteiger partial charge on any atom is -0.548 e. The smallest absolute Gasteiger partial charge is 0.548 e. The van der Waals surface area contributed by atoms with Crippen LogP contribution in [0.1, 0.15) is 32.9 Å². The first-order valence-electron chi connectivity index (χ1n) is 15.9. The maximum Gasteiger partial charge on any atom is 1.00 e. The predicted molar refractivity (Wildman–Crippen MR) is 186 cm³/mol. The first-order chi connectivity index (χ1) is 25.8. The van der Waals surface area contributed by atoms with E-state index in [9.17, 15) is 52.5 Å². The molecule has 3 unspecified atom stereocenters.